The largest absolute Gasteiger partial charge is 0.465 e. The first-order chi connectivity index (χ1) is 9.52. The van der Waals surface area contributed by atoms with E-state index in [2.05, 4.69) is 10.1 Å². The molecule has 1 amide bonds. The van der Waals surface area contributed by atoms with Crippen molar-refractivity contribution in [3.63, 3.8) is 0 Å². The van der Waals surface area contributed by atoms with Gasteiger partial charge in [0, 0.05) is 5.02 Å². The monoisotopic (exact) mass is 313 g/mol. The van der Waals surface area contributed by atoms with Crippen molar-refractivity contribution >= 4 is 40.5 Å². The summed E-state index contributed by atoms with van der Waals surface area (Å²) in [5.41, 5.74) is 0.123. The molecule has 0 bridgehead atoms. The zero-order valence-corrected chi connectivity index (χ0v) is 11.8. The molecule has 0 saturated carbocycles. The Labute approximate surface area is 123 Å². The lowest BCUT2D eigenvalue weighted by Gasteiger charge is -2.06. The van der Waals surface area contributed by atoms with Crippen LogP contribution in [-0.4, -0.2) is 19.0 Å². The van der Waals surface area contributed by atoms with E-state index in [0.29, 0.717) is 0 Å². The summed E-state index contributed by atoms with van der Waals surface area (Å²) in [6.07, 6.45) is 0. The highest BCUT2D eigenvalue weighted by molar-refractivity contribution is 7.12. The van der Waals surface area contributed by atoms with Crippen molar-refractivity contribution in [3.05, 3.63) is 50.9 Å². The second kappa shape index (κ2) is 6.02. The molecule has 1 aromatic carbocycles. The quantitative estimate of drug-likeness (QED) is 0.881. The zero-order chi connectivity index (χ0) is 14.7. The van der Waals surface area contributed by atoms with Crippen molar-refractivity contribution < 1.29 is 18.7 Å². The second-order valence-electron chi connectivity index (χ2n) is 3.73. The molecule has 4 nitrogen and oxygen atoms in total. The Morgan fingerprint density at radius 3 is 2.75 bits per heavy atom. The fraction of sp³-hybridized carbons (Fsp3) is 0.0769. The molecule has 0 atom stereocenters. The van der Waals surface area contributed by atoms with Gasteiger partial charge in [-0.3, -0.25) is 4.79 Å². The van der Waals surface area contributed by atoms with Crippen molar-refractivity contribution in [2.75, 3.05) is 12.4 Å². The van der Waals surface area contributed by atoms with Crippen LogP contribution < -0.4 is 5.32 Å². The molecule has 1 N–H and O–H groups in total. The lowest BCUT2D eigenvalue weighted by molar-refractivity contribution is 0.0607. The van der Waals surface area contributed by atoms with Crippen LogP contribution >= 0.6 is 22.9 Å². The summed E-state index contributed by atoms with van der Waals surface area (Å²) in [7, 11) is 1.24. The van der Waals surface area contributed by atoms with Crippen LogP contribution in [0.2, 0.25) is 5.02 Å². The number of methoxy groups -OCH3 is 1. The number of amides is 1. The minimum absolute atomic E-state index is 0.156. The summed E-state index contributed by atoms with van der Waals surface area (Å²) in [5, 5.41) is 4.29. The number of anilines is 1. The Morgan fingerprint density at radius 1 is 1.35 bits per heavy atom. The Hall–Kier alpha value is -1.92. The molecule has 7 heteroatoms. The molecule has 0 unspecified atom stereocenters. The fourth-order valence-electron chi connectivity index (χ4n) is 1.52. The first kappa shape index (κ1) is 14.5. The van der Waals surface area contributed by atoms with E-state index in [1.165, 1.54) is 19.2 Å². The molecule has 2 rings (SSSR count). The van der Waals surface area contributed by atoms with E-state index in [1.807, 2.05) is 0 Å². The van der Waals surface area contributed by atoms with E-state index < -0.39 is 17.7 Å². The number of nitrogens with one attached hydrogen (secondary N) is 1. The van der Waals surface area contributed by atoms with E-state index in [1.54, 1.807) is 11.4 Å². The molecule has 1 aromatic heterocycles. The Morgan fingerprint density at radius 2 is 2.10 bits per heavy atom. The van der Waals surface area contributed by atoms with Crippen LogP contribution in [0, 0.1) is 5.82 Å². The van der Waals surface area contributed by atoms with Crippen molar-refractivity contribution in [3.8, 4) is 0 Å². The number of halogens is 2. The number of carbonyl (C=O) groups is 2. The molecule has 0 saturated heterocycles. The summed E-state index contributed by atoms with van der Waals surface area (Å²) in [6.45, 7) is 0. The number of thiophene rings is 1. The number of esters is 1. The van der Waals surface area contributed by atoms with Gasteiger partial charge in [0.15, 0.2) is 0 Å². The van der Waals surface area contributed by atoms with Crippen LogP contribution in [0.4, 0.5) is 10.1 Å². The maximum atomic E-state index is 13.6. The first-order valence-electron chi connectivity index (χ1n) is 5.45. The highest BCUT2D eigenvalue weighted by atomic mass is 35.5. The van der Waals surface area contributed by atoms with Gasteiger partial charge in [0.05, 0.1) is 18.4 Å². The molecular formula is C13H9ClFNO3S. The predicted octanol–water partition coefficient (Wildman–Crippen LogP) is 3.58. The SMILES string of the molecule is COC(=O)c1sccc1NC(=O)c1ccc(Cl)cc1F. The fourth-order valence-corrected chi connectivity index (χ4v) is 2.45. The normalized spacial score (nSPS) is 10.2. The topological polar surface area (TPSA) is 55.4 Å². The summed E-state index contributed by atoms with van der Waals surface area (Å²) >= 11 is 6.74. The number of rotatable bonds is 3. The van der Waals surface area contributed by atoms with Crippen molar-refractivity contribution in [1.29, 1.82) is 0 Å². The molecule has 2 aromatic rings. The minimum Gasteiger partial charge on any atom is -0.465 e. The van der Waals surface area contributed by atoms with Gasteiger partial charge in [-0.1, -0.05) is 11.6 Å². The van der Waals surface area contributed by atoms with Gasteiger partial charge in [-0.05, 0) is 29.6 Å². The molecule has 20 heavy (non-hydrogen) atoms. The Bertz CT molecular complexity index is 671. The van der Waals surface area contributed by atoms with Crippen molar-refractivity contribution in [2.45, 2.75) is 0 Å². The van der Waals surface area contributed by atoms with Crippen molar-refractivity contribution in [2.24, 2.45) is 0 Å². The first-order valence-corrected chi connectivity index (χ1v) is 6.71. The smallest absolute Gasteiger partial charge is 0.350 e. The van der Waals surface area contributed by atoms with Gasteiger partial charge < -0.3 is 10.1 Å². The van der Waals surface area contributed by atoms with Gasteiger partial charge in [-0.2, -0.15) is 0 Å². The molecule has 0 aliphatic carbocycles. The Kier molecular flexibility index (Phi) is 4.36. The van der Waals surface area contributed by atoms with E-state index in [-0.39, 0.29) is 21.2 Å². The molecule has 0 fully saturated rings. The average molecular weight is 314 g/mol. The molecule has 104 valence electrons. The third-order valence-corrected chi connectivity index (χ3v) is 3.59. The number of hydrogen-bond donors (Lipinski definition) is 1. The molecule has 0 aliphatic heterocycles. The zero-order valence-electron chi connectivity index (χ0n) is 10.3. The summed E-state index contributed by atoms with van der Waals surface area (Å²) < 4.78 is 18.2. The third kappa shape index (κ3) is 2.97. The number of ether oxygens (including phenoxy) is 1. The number of benzene rings is 1. The van der Waals surface area contributed by atoms with Gasteiger partial charge in [0.2, 0.25) is 0 Å². The average Bonchev–Trinajstić information content (AvgIpc) is 2.85. The van der Waals surface area contributed by atoms with Gasteiger partial charge >= 0.3 is 5.97 Å². The molecule has 1 heterocycles. The van der Waals surface area contributed by atoms with E-state index >= 15 is 0 Å². The predicted molar refractivity (Wildman–Crippen MR) is 75.0 cm³/mol. The van der Waals surface area contributed by atoms with Gasteiger partial charge in [0.1, 0.15) is 10.7 Å². The maximum Gasteiger partial charge on any atom is 0.350 e. The summed E-state index contributed by atoms with van der Waals surface area (Å²) in [6, 6.07) is 5.28. The highest BCUT2D eigenvalue weighted by Gasteiger charge is 2.18. The number of carbonyl (C=O) groups excluding carboxylic acids is 2. The molecular weight excluding hydrogens is 305 g/mol. The van der Waals surface area contributed by atoms with Crippen LogP contribution in [0.25, 0.3) is 0 Å². The van der Waals surface area contributed by atoms with Crippen LogP contribution in [0.15, 0.2) is 29.6 Å². The summed E-state index contributed by atoms with van der Waals surface area (Å²) in [4.78, 5) is 23.7. The minimum atomic E-state index is -0.732. The standard InChI is InChI=1S/C13H9ClFNO3S/c1-19-13(18)11-10(4-5-20-11)16-12(17)8-3-2-7(14)6-9(8)15/h2-6H,1H3,(H,16,17). The molecule has 0 spiro atoms. The van der Waals surface area contributed by atoms with Crippen molar-refractivity contribution in [1.82, 2.24) is 0 Å². The summed E-state index contributed by atoms with van der Waals surface area (Å²) in [5.74, 6) is -1.96. The second-order valence-corrected chi connectivity index (χ2v) is 5.09. The number of hydrogen-bond acceptors (Lipinski definition) is 4. The maximum absolute atomic E-state index is 13.6. The van der Waals surface area contributed by atoms with E-state index in [0.717, 1.165) is 17.4 Å². The van der Waals surface area contributed by atoms with E-state index in [4.69, 9.17) is 11.6 Å². The van der Waals surface area contributed by atoms with Gasteiger partial charge in [-0.15, -0.1) is 11.3 Å². The van der Waals surface area contributed by atoms with Crippen LogP contribution in [0.3, 0.4) is 0 Å². The lowest BCUT2D eigenvalue weighted by atomic mass is 10.2. The molecule has 0 aliphatic rings. The third-order valence-electron chi connectivity index (χ3n) is 2.46. The highest BCUT2D eigenvalue weighted by Crippen LogP contribution is 2.24. The lowest BCUT2D eigenvalue weighted by Crippen LogP contribution is -2.15. The van der Waals surface area contributed by atoms with Gasteiger partial charge in [-0.25, -0.2) is 9.18 Å². The molecule has 0 radical (unpaired) electrons. The van der Waals surface area contributed by atoms with Crippen LogP contribution in [0.1, 0.15) is 20.0 Å². The van der Waals surface area contributed by atoms with Gasteiger partial charge in [0.25, 0.3) is 5.91 Å². The van der Waals surface area contributed by atoms with E-state index in [9.17, 15) is 14.0 Å². The van der Waals surface area contributed by atoms with Crippen LogP contribution in [0.5, 0.6) is 0 Å². The van der Waals surface area contributed by atoms with Crippen LogP contribution in [-0.2, 0) is 4.74 Å². The Balaban J connectivity index is 2.24.